The lowest BCUT2D eigenvalue weighted by Gasteiger charge is -2.04. The van der Waals surface area contributed by atoms with E-state index >= 15 is 0 Å². The van der Waals surface area contributed by atoms with Gasteiger partial charge in [-0.2, -0.15) is 0 Å². The van der Waals surface area contributed by atoms with E-state index in [-0.39, 0.29) is 18.9 Å². The Morgan fingerprint density at radius 1 is 0.875 bits per heavy atom. The maximum Gasteiger partial charge on any atom is 0.305 e. The summed E-state index contributed by atoms with van der Waals surface area (Å²) in [5.74, 6) is -0.904. The van der Waals surface area contributed by atoms with Crippen LogP contribution in [0, 0.1) is 0 Å². The summed E-state index contributed by atoms with van der Waals surface area (Å²) in [6.07, 6.45) is 16.2. The molecular weight excluding hydrogens is 302 g/mol. The van der Waals surface area contributed by atoms with Gasteiger partial charge in [0.05, 0.1) is 6.42 Å². The van der Waals surface area contributed by atoms with Crippen molar-refractivity contribution >= 4 is 11.9 Å². The van der Waals surface area contributed by atoms with Crippen molar-refractivity contribution < 1.29 is 14.7 Å². The van der Waals surface area contributed by atoms with E-state index in [4.69, 9.17) is 5.11 Å². The lowest BCUT2D eigenvalue weighted by Crippen LogP contribution is -2.25. The molecule has 0 saturated carbocycles. The second-order valence-corrected chi connectivity index (χ2v) is 6.66. The molecule has 0 aliphatic rings. The van der Waals surface area contributed by atoms with Crippen molar-refractivity contribution in [2.45, 2.75) is 97.3 Å². The number of nitrogens with one attached hydrogen (secondary N) is 1. The fourth-order valence-corrected chi connectivity index (χ4v) is 2.64. The minimum Gasteiger partial charge on any atom is -0.481 e. The number of carboxylic acid groups (broad SMARTS) is 1. The number of unbranched alkanes of at least 4 members (excludes halogenated alkanes) is 8. The summed E-state index contributed by atoms with van der Waals surface area (Å²) in [6, 6.07) is 0. The Morgan fingerprint density at radius 2 is 1.50 bits per heavy atom. The van der Waals surface area contributed by atoms with Gasteiger partial charge >= 0.3 is 5.97 Å². The molecule has 0 aliphatic carbocycles. The first kappa shape index (κ1) is 22.7. The first-order valence-corrected chi connectivity index (χ1v) is 9.70. The Hall–Kier alpha value is -1.32. The average Bonchev–Trinajstić information content (AvgIpc) is 2.53. The van der Waals surface area contributed by atoms with Crippen molar-refractivity contribution in [1.82, 2.24) is 5.32 Å². The summed E-state index contributed by atoms with van der Waals surface area (Å²) in [4.78, 5) is 21.8. The van der Waals surface area contributed by atoms with E-state index in [1.165, 1.54) is 63.4 Å². The predicted molar refractivity (Wildman–Crippen MR) is 100 cm³/mol. The summed E-state index contributed by atoms with van der Waals surface area (Å²) >= 11 is 0. The molecule has 4 heteroatoms. The number of carbonyl (C=O) groups excluding carboxylic acids is 1. The zero-order chi connectivity index (χ0) is 18.0. The van der Waals surface area contributed by atoms with Crippen LogP contribution in [0.5, 0.6) is 0 Å². The van der Waals surface area contributed by atoms with Crippen molar-refractivity contribution in [2.24, 2.45) is 0 Å². The lowest BCUT2D eigenvalue weighted by atomic mass is 10.0. The van der Waals surface area contributed by atoms with Crippen LogP contribution in [0.25, 0.3) is 0 Å². The highest BCUT2D eigenvalue weighted by molar-refractivity contribution is 5.76. The maximum atomic E-state index is 11.5. The summed E-state index contributed by atoms with van der Waals surface area (Å²) in [5.41, 5.74) is 1.53. The van der Waals surface area contributed by atoms with Gasteiger partial charge in [-0.15, -0.1) is 0 Å². The summed E-state index contributed by atoms with van der Waals surface area (Å²) in [5, 5.41) is 11.1. The van der Waals surface area contributed by atoms with Crippen LogP contribution in [0.1, 0.15) is 97.3 Å². The Balaban J connectivity index is 3.38. The second kappa shape index (κ2) is 16.5. The zero-order valence-electron chi connectivity index (χ0n) is 15.7. The molecule has 0 aromatic heterocycles. The maximum absolute atomic E-state index is 11.5. The molecule has 0 aromatic rings. The second-order valence-electron chi connectivity index (χ2n) is 6.66. The summed E-state index contributed by atoms with van der Waals surface area (Å²) in [6.45, 7) is 4.72. The van der Waals surface area contributed by atoms with Gasteiger partial charge < -0.3 is 10.4 Å². The third-order valence-electron chi connectivity index (χ3n) is 4.19. The van der Waals surface area contributed by atoms with Crippen LogP contribution >= 0.6 is 0 Å². The first-order chi connectivity index (χ1) is 11.6. The highest BCUT2D eigenvalue weighted by atomic mass is 16.4. The number of carboxylic acids is 1. The lowest BCUT2D eigenvalue weighted by molar-refractivity contribution is -0.136. The molecule has 0 bridgehead atoms. The number of hydrogen-bond acceptors (Lipinski definition) is 2. The van der Waals surface area contributed by atoms with Gasteiger partial charge in [0.1, 0.15) is 0 Å². The van der Waals surface area contributed by atoms with E-state index < -0.39 is 5.97 Å². The quantitative estimate of drug-likeness (QED) is 0.299. The van der Waals surface area contributed by atoms with Crippen LogP contribution in [-0.2, 0) is 9.59 Å². The van der Waals surface area contributed by atoms with E-state index in [1.54, 1.807) is 0 Å². The number of aliphatic carboxylic acids is 1. The smallest absolute Gasteiger partial charge is 0.305 e. The minimum absolute atomic E-state index is 0.00270. The molecule has 140 valence electrons. The van der Waals surface area contributed by atoms with Crippen LogP contribution < -0.4 is 5.32 Å². The zero-order valence-corrected chi connectivity index (χ0v) is 15.7. The molecule has 0 heterocycles. The van der Waals surface area contributed by atoms with E-state index in [2.05, 4.69) is 25.2 Å². The van der Waals surface area contributed by atoms with E-state index in [1.807, 2.05) is 0 Å². The Labute approximate surface area is 148 Å². The summed E-state index contributed by atoms with van der Waals surface area (Å²) < 4.78 is 0. The average molecular weight is 340 g/mol. The molecule has 2 N–H and O–H groups in total. The molecule has 0 atom stereocenters. The molecule has 1 amide bonds. The molecule has 0 fully saturated rings. The van der Waals surface area contributed by atoms with Gasteiger partial charge in [0, 0.05) is 13.0 Å². The highest BCUT2D eigenvalue weighted by Gasteiger charge is 2.02. The van der Waals surface area contributed by atoms with Crippen LogP contribution in [-0.4, -0.2) is 23.5 Å². The van der Waals surface area contributed by atoms with Crippen LogP contribution in [0.3, 0.4) is 0 Å². The molecule has 24 heavy (non-hydrogen) atoms. The molecule has 0 saturated heterocycles. The Morgan fingerprint density at radius 3 is 2.21 bits per heavy atom. The standard InChI is InChI=1S/C20H37NO3/c1-3-4-5-10-13-18(2)14-11-8-6-7-9-12-15-19(22)21-17-16-20(23)24/h14H,3-13,15-17H2,1-2H3,(H,21,22)(H,23,24)/b18-14-. The van der Waals surface area contributed by atoms with Gasteiger partial charge in [-0.1, -0.05) is 57.1 Å². The third kappa shape index (κ3) is 17.0. The van der Waals surface area contributed by atoms with Gasteiger partial charge in [0.25, 0.3) is 0 Å². The topological polar surface area (TPSA) is 66.4 Å². The fraction of sp³-hybridized carbons (Fsp3) is 0.800. The molecular formula is C20H37NO3. The van der Waals surface area contributed by atoms with E-state index in [0.717, 1.165) is 12.8 Å². The molecule has 0 aliphatic heterocycles. The predicted octanol–water partition coefficient (Wildman–Crippen LogP) is 5.22. The number of carbonyl (C=O) groups is 2. The molecule has 4 nitrogen and oxygen atoms in total. The van der Waals surface area contributed by atoms with Gasteiger partial charge in [-0.25, -0.2) is 0 Å². The minimum atomic E-state index is -0.874. The number of hydrogen-bond donors (Lipinski definition) is 2. The molecule has 0 rings (SSSR count). The summed E-state index contributed by atoms with van der Waals surface area (Å²) in [7, 11) is 0. The van der Waals surface area contributed by atoms with Crippen molar-refractivity contribution in [3.63, 3.8) is 0 Å². The normalized spacial score (nSPS) is 11.5. The first-order valence-electron chi connectivity index (χ1n) is 9.70. The van der Waals surface area contributed by atoms with Crippen LogP contribution in [0.2, 0.25) is 0 Å². The number of amides is 1. The molecule has 0 aromatic carbocycles. The van der Waals surface area contributed by atoms with E-state index in [0.29, 0.717) is 6.42 Å². The molecule has 0 spiro atoms. The fourth-order valence-electron chi connectivity index (χ4n) is 2.64. The molecule has 0 unspecified atom stereocenters. The molecule has 0 radical (unpaired) electrons. The van der Waals surface area contributed by atoms with Crippen molar-refractivity contribution in [1.29, 1.82) is 0 Å². The number of allylic oxidation sites excluding steroid dienone is 2. The van der Waals surface area contributed by atoms with Crippen molar-refractivity contribution in [3.05, 3.63) is 11.6 Å². The highest BCUT2D eigenvalue weighted by Crippen LogP contribution is 2.12. The van der Waals surface area contributed by atoms with Gasteiger partial charge in [0.2, 0.25) is 5.91 Å². The van der Waals surface area contributed by atoms with Crippen LogP contribution in [0.4, 0.5) is 0 Å². The van der Waals surface area contributed by atoms with Gasteiger partial charge in [0.15, 0.2) is 0 Å². The van der Waals surface area contributed by atoms with Gasteiger partial charge in [-0.05, 0) is 39.0 Å². The Kier molecular flexibility index (Phi) is 15.6. The van der Waals surface area contributed by atoms with E-state index in [9.17, 15) is 9.59 Å². The third-order valence-corrected chi connectivity index (χ3v) is 4.19. The van der Waals surface area contributed by atoms with Crippen molar-refractivity contribution in [3.8, 4) is 0 Å². The number of rotatable bonds is 16. The largest absolute Gasteiger partial charge is 0.481 e. The van der Waals surface area contributed by atoms with Gasteiger partial charge in [-0.3, -0.25) is 9.59 Å². The van der Waals surface area contributed by atoms with Crippen LogP contribution in [0.15, 0.2) is 11.6 Å². The Bertz CT molecular complexity index is 364. The monoisotopic (exact) mass is 339 g/mol. The SMILES string of the molecule is CCCCCC/C(C)=C\CCCCCCCC(=O)NCCC(=O)O. The van der Waals surface area contributed by atoms with Crippen molar-refractivity contribution in [2.75, 3.05) is 6.54 Å².